The molecule has 1 aliphatic rings. The summed E-state index contributed by atoms with van der Waals surface area (Å²) in [5.74, 6) is -0.511. The Kier molecular flexibility index (Phi) is 6.49. The summed E-state index contributed by atoms with van der Waals surface area (Å²) in [5.41, 5.74) is 0.152. The van der Waals surface area contributed by atoms with Crippen LogP contribution in [0.15, 0.2) is 69.1 Å². The van der Waals surface area contributed by atoms with Gasteiger partial charge in [-0.2, -0.15) is 0 Å². The molecule has 2 aromatic carbocycles. The van der Waals surface area contributed by atoms with E-state index in [1.54, 1.807) is 11.4 Å². The van der Waals surface area contributed by atoms with Gasteiger partial charge in [0.1, 0.15) is 21.9 Å². The highest BCUT2D eigenvalue weighted by molar-refractivity contribution is 7.93. The van der Waals surface area contributed by atoms with E-state index >= 15 is 0 Å². The van der Waals surface area contributed by atoms with Gasteiger partial charge in [0.25, 0.3) is 10.0 Å². The zero-order chi connectivity index (χ0) is 24.5. The van der Waals surface area contributed by atoms with Crippen molar-refractivity contribution in [3.05, 3.63) is 65.8 Å². The lowest BCUT2D eigenvalue weighted by Gasteiger charge is -2.35. The van der Waals surface area contributed by atoms with E-state index in [1.807, 2.05) is 0 Å². The van der Waals surface area contributed by atoms with E-state index < -0.39 is 38.1 Å². The summed E-state index contributed by atoms with van der Waals surface area (Å²) in [7, 11) is -8.05. The number of rotatable bonds is 7. The molecule has 1 unspecified atom stereocenters. The van der Waals surface area contributed by atoms with Crippen LogP contribution in [0, 0.1) is 5.82 Å². The molecule has 3 aromatic rings. The minimum Gasteiger partial charge on any atom is -0.485 e. The molecule has 0 bridgehead atoms. The summed E-state index contributed by atoms with van der Waals surface area (Å²) in [4.78, 5) is 10.8. The molecule has 0 spiro atoms. The number of amides is 1. The number of nitrogens with zero attached hydrogens (tertiary/aromatic N) is 1. The van der Waals surface area contributed by atoms with Crippen molar-refractivity contribution in [1.29, 1.82) is 0 Å². The van der Waals surface area contributed by atoms with Crippen molar-refractivity contribution in [3.63, 3.8) is 0 Å². The van der Waals surface area contributed by atoms with Crippen molar-refractivity contribution in [2.45, 2.75) is 15.2 Å². The van der Waals surface area contributed by atoms with Crippen molar-refractivity contribution in [2.24, 2.45) is 0 Å². The molecule has 2 heterocycles. The Morgan fingerprint density at radius 1 is 1.15 bits per heavy atom. The van der Waals surface area contributed by atoms with Gasteiger partial charge in [-0.1, -0.05) is 6.07 Å². The van der Waals surface area contributed by atoms with Crippen molar-refractivity contribution >= 4 is 48.9 Å². The first-order valence-electron chi connectivity index (χ1n) is 9.68. The van der Waals surface area contributed by atoms with Crippen molar-refractivity contribution in [2.75, 3.05) is 22.7 Å². The largest absolute Gasteiger partial charge is 0.485 e. The molecule has 180 valence electrons. The second-order valence-corrected chi connectivity index (χ2v) is 11.9. The summed E-state index contributed by atoms with van der Waals surface area (Å²) in [6.07, 6.45) is -2.25. The van der Waals surface area contributed by atoms with Crippen LogP contribution in [-0.4, -0.2) is 47.2 Å². The van der Waals surface area contributed by atoms with Crippen LogP contribution >= 0.6 is 11.3 Å². The van der Waals surface area contributed by atoms with Gasteiger partial charge in [0.2, 0.25) is 10.0 Å². The molecule has 0 radical (unpaired) electrons. The zero-order valence-corrected chi connectivity index (χ0v) is 19.7. The fraction of sp³-hybridized carbons (Fsp3) is 0.150. The molecule has 1 aliphatic heterocycles. The second-order valence-electron chi connectivity index (χ2n) is 7.13. The van der Waals surface area contributed by atoms with Crippen LogP contribution in [-0.2, 0) is 20.0 Å². The number of carboxylic acid groups (broad SMARTS) is 1. The number of halogens is 1. The molecule has 10 nitrogen and oxygen atoms in total. The van der Waals surface area contributed by atoms with Crippen LogP contribution in [0.2, 0.25) is 0 Å². The van der Waals surface area contributed by atoms with Gasteiger partial charge < -0.3 is 9.84 Å². The van der Waals surface area contributed by atoms with Gasteiger partial charge in [-0.05, 0) is 53.9 Å². The van der Waals surface area contributed by atoms with E-state index in [1.165, 1.54) is 24.3 Å². The SMILES string of the molecule is O=C(O)Nc1ccc2c(c1)N(S(=O)(=O)c1ccc(F)cc1)CC(CNS(=O)(=O)c1cccs1)O2. The Morgan fingerprint density at radius 3 is 2.53 bits per heavy atom. The van der Waals surface area contributed by atoms with Crippen LogP contribution in [0.5, 0.6) is 5.75 Å². The normalized spacial score (nSPS) is 15.9. The predicted molar refractivity (Wildman–Crippen MR) is 123 cm³/mol. The van der Waals surface area contributed by atoms with Crippen LogP contribution in [0.4, 0.5) is 20.6 Å². The van der Waals surface area contributed by atoms with Crippen molar-refractivity contribution < 1.29 is 35.9 Å². The number of ether oxygens (including phenoxy) is 1. The Balaban J connectivity index is 1.68. The molecule has 0 saturated heterocycles. The number of benzene rings is 2. The minimum absolute atomic E-state index is 0.0490. The first-order valence-corrected chi connectivity index (χ1v) is 13.5. The lowest BCUT2D eigenvalue weighted by molar-refractivity contribution is 0.203. The number of thiophene rings is 1. The maximum absolute atomic E-state index is 13.4. The molecular weight excluding hydrogens is 509 g/mol. The Morgan fingerprint density at radius 2 is 1.88 bits per heavy atom. The lowest BCUT2D eigenvalue weighted by atomic mass is 10.2. The fourth-order valence-electron chi connectivity index (χ4n) is 3.27. The fourth-order valence-corrected chi connectivity index (χ4v) is 6.87. The van der Waals surface area contributed by atoms with Gasteiger partial charge in [-0.15, -0.1) is 11.3 Å². The summed E-state index contributed by atoms with van der Waals surface area (Å²) in [6.45, 7) is -0.513. The molecule has 4 rings (SSSR count). The third kappa shape index (κ3) is 4.99. The highest BCUT2D eigenvalue weighted by Crippen LogP contribution is 2.39. The van der Waals surface area contributed by atoms with Crippen LogP contribution in [0.25, 0.3) is 0 Å². The van der Waals surface area contributed by atoms with Gasteiger partial charge in [-0.25, -0.2) is 30.7 Å². The molecule has 0 saturated carbocycles. The average Bonchev–Trinajstić information content (AvgIpc) is 3.33. The molecule has 1 amide bonds. The monoisotopic (exact) mass is 527 g/mol. The molecule has 34 heavy (non-hydrogen) atoms. The molecule has 14 heteroatoms. The number of anilines is 2. The number of carbonyl (C=O) groups is 1. The van der Waals surface area contributed by atoms with E-state index in [0.717, 1.165) is 39.9 Å². The molecule has 1 atom stereocenters. The number of fused-ring (bicyclic) bond motifs is 1. The third-order valence-electron chi connectivity index (χ3n) is 4.80. The summed E-state index contributed by atoms with van der Waals surface area (Å²) in [5, 5.41) is 12.8. The second kappa shape index (κ2) is 9.21. The van der Waals surface area contributed by atoms with E-state index in [9.17, 15) is 26.0 Å². The van der Waals surface area contributed by atoms with Gasteiger partial charge >= 0.3 is 6.09 Å². The first-order chi connectivity index (χ1) is 16.1. The number of hydrogen-bond acceptors (Lipinski definition) is 7. The van der Waals surface area contributed by atoms with Gasteiger partial charge in [0.15, 0.2) is 0 Å². The predicted octanol–water partition coefficient (Wildman–Crippen LogP) is 2.91. The Hall–Kier alpha value is -3.20. The van der Waals surface area contributed by atoms with E-state index in [4.69, 9.17) is 9.84 Å². The molecule has 3 N–H and O–H groups in total. The van der Waals surface area contributed by atoms with Crippen LogP contribution < -0.4 is 19.1 Å². The third-order valence-corrected chi connectivity index (χ3v) is 9.42. The Labute approximate surface area is 198 Å². The number of nitrogens with one attached hydrogen (secondary N) is 2. The minimum atomic E-state index is -4.23. The first kappa shape index (κ1) is 23.9. The van der Waals surface area contributed by atoms with E-state index in [0.29, 0.717) is 0 Å². The summed E-state index contributed by atoms with van der Waals surface area (Å²) in [6, 6.07) is 11.3. The standard InChI is InChI=1S/C20H18FN3O7S3/c21-13-3-6-16(7-4-13)34(29,30)24-12-15(11-22-33(27,28)19-2-1-9-32-19)31-18-8-5-14(10-17(18)24)23-20(25)26/h1-10,15,22-23H,11-12H2,(H,25,26). The molecular formula is C20H18FN3O7S3. The highest BCUT2D eigenvalue weighted by atomic mass is 32.2. The molecule has 0 aliphatic carbocycles. The van der Waals surface area contributed by atoms with Crippen molar-refractivity contribution in [3.8, 4) is 5.75 Å². The molecule has 1 aromatic heterocycles. The Bertz CT molecular complexity index is 1410. The van der Waals surface area contributed by atoms with Gasteiger partial charge in [0, 0.05) is 12.2 Å². The topological polar surface area (TPSA) is 142 Å². The molecule has 0 fully saturated rings. The van der Waals surface area contributed by atoms with E-state index in [2.05, 4.69) is 10.0 Å². The summed E-state index contributed by atoms with van der Waals surface area (Å²) >= 11 is 1.03. The smallest absolute Gasteiger partial charge is 0.409 e. The number of sulfonamides is 2. The van der Waals surface area contributed by atoms with Crippen LogP contribution in [0.1, 0.15) is 0 Å². The summed E-state index contributed by atoms with van der Waals surface area (Å²) < 4.78 is 74.4. The average molecular weight is 528 g/mol. The lowest BCUT2D eigenvalue weighted by Crippen LogP contribution is -2.48. The maximum atomic E-state index is 13.4. The zero-order valence-electron chi connectivity index (χ0n) is 17.2. The quantitative estimate of drug-likeness (QED) is 0.429. The number of hydrogen-bond donors (Lipinski definition) is 3. The highest BCUT2D eigenvalue weighted by Gasteiger charge is 2.35. The van der Waals surface area contributed by atoms with Gasteiger partial charge in [0.05, 0.1) is 17.1 Å². The van der Waals surface area contributed by atoms with E-state index in [-0.39, 0.29) is 39.3 Å². The van der Waals surface area contributed by atoms with Gasteiger partial charge in [-0.3, -0.25) is 9.62 Å². The maximum Gasteiger partial charge on any atom is 0.409 e. The van der Waals surface area contributed by atoms with Crippen LogP contribution in [0.3, 0.4) is 0 Å². The van der Waals surface area contributed by atoms with Crippen molar-refractivity contribution in [1.82, 2.24) is 4.72 Å².